The first-order valence-corrected chi connectivity index (χ1v) is 11.8. The number of unbranched alkanes of at least 4 members (excludes halogenated alkanes) is 3. The van der Waals surface area contributed by atoms with Gasteiger partial charge in [0, 0.05) is 23.1 Å². The Bertz CT molecular complexity index is 851. The summed E-state index contributed by atoms with van der Waals surface area (Å²) >= 11 is 10.2. The Kier molecular flexibility index (Phi) is 6.99. The van der Waals surface area contributed by atoms with Crippen molar-refractivity contribution >= 4 is 67.3 Å². The van der Waals surface area contributed by atoms with E-state index in [2.05, 4.69) is 36.7 Å². The van der Waals surface area contributed by atoms with Gasteiger partial charge in [-0.1, -0.05) is 79.9 Å². The van der Waals surface area contributed by atoms with Gasteiger partial charge in [0.2, 0.25) is 0 Å². The largest absolute Gasteiger partial charge is 0.308 e. The van der Waals surface area contributed by atoms with Crippen molar-refractivity contribution in [2.75, 3.05) is 18.0 Å². The second kappa shape index (κ2) is 9.09. The van der Waals surface area contributed by atoms with Crippen LogP contribution >= 0.6 is 39.9 Å². The maximum atomic E-state index is 13.3. The van der Waals surface area contributed by atoms with Crippen LogP contribution in [0.5, 0.6) is 0 Å². The highest BCUT2D eigenvalue weighted by Gasteiger charge is 2.42. The van der Waals surface area contributed by atoms with Crippen LogP contribution in [0.2, 0.25) is 0 Å². The molecule has 2 amide bonds. The van der Waals surface area contributed by atoms with Gasteiger partial charge in [-0.15, -0.1) is 0 Å². The average molecular weight is 481 g/mol. The van der Waals surface area contributed by atoms with E-state index in [0.29, 0.717) is 33.8 Å². The van der Waals surface area contributed by atoms with Crippen molar-refractivity contribution in [2.45, 2.75) is 46.5 Å². The second-order valence-corrected chi connectivity index (χ2v) is 10.1. The van der Waals surface area contributed by atoms with Crippen LogP contribution in [0.3, 0.4) is 0 Å². The van der Waals surface area contributed by atoms with Crippen molar-refractivity contribution in [1.82, 2.24) is 4.90 Å². The average Bonchev–Trinajstić information content (AvgIpc) is 3.05. The molecule has 0 aromatic heterocycles. The molecular weight excluding hydrogens is 456 g/mol. The zero-order valence-electron chi connectivity index (χ0n) is 16.5. The number of benzene rings is 1. The Morgan fingerprint density at radius 3 is 2.54 bits per heavy atom. The Morgan fingerprint density at radius 2 is 1.86 bits per heavy atom. The molecule has 28 heavy (non-hydrogen) atoms. The van der Waals surface area contributed by atoms with Crippen LogP contribution in [-0.2, 0) is 9.59 Å². The van der Waals surface area contributed by atoms with E-state index < -0.39 is 0 Å². The number of amides is 2. The van der Waals surface area contributed by atoms with E-state index in [1.165, 1.54) is 11.8 Å². The molecule has 0 radical (unpaired) electrons. The predicted molar refractivity (Wildman–Crippen MR) is 124 cm³/mol. The molecule has 2 aliphatic rings. The molecule has 2 aliphatic heterocycles. The number of thiocarbonyl (C=S) groups is 1. The first-order chi connectivity index (χ1) is 13.3. The van der Waals surface area contributed by atoms with Gasteiger partial charge in [0.15, 0.2) is 0 Å². The Balaban J connectivity index is 1.98. The number of halogens is 1. The molecule has 0 saturated carbocycles. The number of fused-ring (bicyclic) bond motifs is 1. The van der Waals surface area contributed by atoms with Gasteiger partial charge < -0.3 is 4.90 Å². The summed E-state index contributed by atoms with van der Waals surface area (Å²) < 4.78 is 1.42. The van der Waals surface area contributed by atoms with Gasteiger partial charge in [-0.25, -0.2) is 0 Å². The maximum Gasteiger partial charge on any atom is 0.267 e. The molecule has 2 heterocycles. The topological polar surface area (TPSA) is 40.6 Å². The first-order valence-electron chi connectivity index (χ1n) is 9.74. The van der Waals surface area contributed by atoms with E-state index in [0.717, 1.165) is 41.4 Å². The zero-order chi connectivity index (χ0) is 20.4. The fraction of sp³-hybridized carbons (Fsp3) is 0.476. The van der Waals surface area contributed by atoms with Crippen LogP contribution in [0.1, 0.15) is 52.0 Å². The minimum Gasteiger partial charge on any atom is -0.308 e. The molecule has 1 fully saturated rings. The number of carbonyl (C=O) groups is 2. The quantitative estimate of drug-likeness (QED) is 0.289. The third kappa shape index (κ3) is 4.21. The van der Waals surface area contributed by atoms with Gasteiger partial charge in [0.25, 0.3) is 11.8 Å². The first kappa shape index (κ1) is 21.5. The molecule has 0 aliphatic carbocycles. The third-order valence-corrected chi connectivity index (χ3v) is 6.78. The lowest BCUT2D eigenvalue weighted by Crippen LogP contribution is -2.32. The monoisotopic (exact) mass is 480 g/mol. The Hall–Kier alpha value is -1.18. The molecule has 7 heteroatoms. The van der Waals surface area contributed by atoms with E-state index in [4.69, 9.17) is 12.2 Å². The molecule has 0 N–H and O–H groups in total. The molecule has 150 valence electrons. The summed E-state index contributed by atoms with van der Waals surface area (Å²) in [6, 6.07) is 5.83. The Morgan fingerprint density at radius 1 is 1.11 bits per heavy atom. The van der Waals surface area contributed by atoms with Crippen molar-refractivity contribution < 1.29 is 9.59 Å². The van der Waals surface area contributed by atoms with E-state index in [9.17, 15) is 9.59 Å². The normalized spacial score (nSPS) is 19.4. The SMILES string of the molecule is CCCCCCN1C(=O)/C(=C2\SC(=S)N(CC(C)C)C2=O)c2cc(Br)ccc21. The number of hydrogen-bond donors (Lipinski definition) is 0. The lowest BCUT2D eigenvalue weighted by Gasteiger charge is -2.17. The van der Waals surface area contributed by atoms with E-state index in [-0.39, 0.29) is 11.8 Å². The van der Waals surface area contributed by atoms with Crippen molar-refractivity contribution in [3.05, 3.63) is 33.1 Å². The molecule has 0 bridgehead atoms. The molecule has 1 aromatic rings. The number of anilines is 1. The molecule has 0 spiro atoms. The summed E-state index contributed by atoms with van der Waals surface area (Å²) in [6.07, 6.45) is 4.37. The number of carbonyl (C=O) groups excluding carboxylic acids is 2. The maximum absolute atomic E-state index is 13.3. The van der Waals surface area contributed by atoms with Crippen molar-refractivity contribution in [3.8, 4) is 0 Å². The standard InChI is InChI=1S/C21H25BrN2O2S2/c1-4-5-6-7-10-23-16-9-8-14(22)11-15(16)17(19(23)25)18-20(26)24(12-13(2)3)21(27)28-18/h8-9,11,13H,4-7,10,12H2,1-3H3/b18-17-. The van der Waals surface area contributed by atoms with Crippen LogP contribution in [0.4, 0.5) is 5.69 Å². The highest BCUT2D eigenvalue weighted by atomic mass is 79.9. The van der Waals surface area contributed by atoms with Gasteiger partial charge >= 0.3 is 0 Å². The molecular formula is C21H25BrN2O2S2. The molecule has 4 nitrogen and oxygen atoms in total. The lowest BCUT2D eigenvalue weighted by atomic mass is 10.1. The number of nitrogens with zero attached hydrogens (tertiary/aromatic N) is 2. The van der Waals surface area contributed by atoms with Gasteiger partial charge in [-0.05, 0) is 30.5 Å². The summed E-state index contributed by atoms with van der Waals surface area (Å²) in [6.45, 7) is 7.52. The lowest BCUT2D eigenvalue weighted by molar-refractivity contribution is -0.122. The van der Waals surface area contributed by atoms with Gasteiger partial charge in [-0.2, -0.15) is 0 Å². The minimum absolute atomic E-state index is 0.0883. The summed E-state index contributed by atoms with van der Waals surface area (Å²) in [7, 11) is 0. The second-order valence-electron chi connectivity index (χ2n) is 7.56. The fourth-order valence-electron chi connectivity index (χ4n) is 3.51. The fourth-order valence-corrected chi connectivity index (χ4v) is 5.22. The number of thioether (sulfide) groups is 1. The van der Waals surface area contributed by atoms with Gasteiger partial charge in [0.1, 0.15) is 4.32 Å². The zero-order valence-corrected chi connectivity index (χ0v) is 19.7. The van der Waals surface area contributed by atoms with Crippen LogP contribution in [-0.4, -0.2) is 34.1 Å². The number of hydrogen-bond acceptors (Lipinski definition) is 4. The van der Waals surface area contributed by atoms with Crippen LogP contribution in [0.15, 0.2) is 27.6 Å². The highest BCUT2D eigenvalue weighted by molar-refractivity contribution is 9.10. The van der Waals surface area contributed by atoms with E-state index in [1.807, 2.05) is 23.1 Å². The van der Waals surface area contributed by atoms with Gasteiger partial charge in [-0.3, -0.25) is 14.5 Å². The van der Waals surface area contributed by atoms with Gasteiger partial charge in [0.05, 0.1) is 16.2 Å². The summed E-state index contributed by atoms with van der Waals surface area (Å²) in [5.41, 5.74) is 2.20. The Labute approximate surface area is 184 Å². The van der Waals surface area contributed by atoms with Crippen LogP contribution in [0, 0.1) is 5.92 Å². The number of rotatable bonds is 7. The van der Waals surface area contributed by atoms with Crippen molar-refractivity contribution in [3.63, 3.8) is 0 Å². The van der Waals surface area contributed by atoms with Crippen LogP contribution < -0.4 is 4.90 Å². The molecule has 0 unspecified atom stereocenters. The van der Waals surface area contributed by atoms with Crippen molar-refractivity contribution in [2.24, 2.45) is 5.92 Å². The molecule has 1 saturated heterocycles. The summed E-state index contributed by atoms with van der Waals surface area (Å²) in [4.78, 5) is 30.3. The highest BCUT2D eigenvalue weighted by Crippen LogP contribution is 2.45. The smallest absolute Gasteiger partial charge is 0.267 e. The van der Waals surface area contributed by atoms with E-state index in [1.54, 1.807) is 4.90 Å². The third-order valence-electron chi connectivity index (χ3n) is 4.84. The van der Waals surface area contributed by atoms with E-state index >= 15 is 0 Å². The molecule has 0 atom stereocenters. The summed E-state index contributed by atoms with van der Waals surface area (Å²) in [5, 5.41) is 0. The van der Waals surface area contributed by atoms with Crippen molar-refractivity contribution in [1.29, 1.82) is 0 Å². The molecule has 3 rings (SSSR count). The summed E-state index contributed by atoms with van der Waals surface area (Å²) in [5.74, 6) is 0.0723. The minimum atomic E-state index is -0.147. The predicted octanol–water partition coefficient (Wildman–Crippen LogP) is 5.60. The molecule has 1 aromatic carbocycles. The van der Waals surface area contributed by atoms with Crippen LogP contribution in [0.25, 0.3) is 5.57 Å².